The van der Waals surface area contributed by atoms with E-state index in [9.17, 15) is 4.79 Å². The van der Waals surface area contributed by atoms with E-state index in [1.165, 1.54) is 0 Å². The number of aryl methyl sites for hydroxylation is 1. The molecule has 0 spiro atoms. The maximum Gasteiger partial charge on any atom is 0.251 e. The van der Waals surface area contributed by atoms with Crippen LogP contribution in [0.1, 0.15) is 41.0 Å². The summed E-state index contributed by atoms with van der Waals surface area (Å²) in [4.78, 5) is 17.1. The van der Waals surface area contributed by atoms with Gasteiger partial charge in [0.25, 0.3) is 5.91 Å². The van der Waals surface area contributed by atoms with Crippen LogP contribution in [0.4, 0.5) is 0 Å². The van der Waals surface area contributed by atoms with Crippen LogP contribution in [0.5, 0.6) is 0 Å². The van der Waals surface area contributed by atoms with Gasteiger partial charge in [-0.2, -0.15) is 0 Å². The number of carbonyl (C=O) groups excluding carboxylic acids is 1. The zero-order chi connectivity index (χ0) is 23.2. The zero-order valence-electron chi connectivity index (χ0n) is 18.0. The maximum atomic E-state index is 12.3. The molecule has 0 saturated heterocycles. The van der Waals surface area contributed by atoms with Crippen LogP contribution in [-0.2, 0) is 13.0 Å². The number of halogens is 3. The first-order chi connectivity index (χ1) is 16.0. The molecule has 0 bridgehead atoms. The summed E-state index contributed by atoms with van der Waals surface area (Å²) < 4.78 is 3.14. The second kappa shape index (κ2) is 11.2. The highest BCUT2D eigenvalue weighted by molar-refractivity contribution is 9.10. The lowest BCUT2D eigenvalue weighted by Crippen LogP contribution is -2.24. The van der Waals surface area contributed by atoms with Gasteiger partial charge in [0.15, 0.2) is 0 Å². The van der Waals surface area contributed by atoms with Crippen molar-refractivity contribution in [1.29, 1.82) is 0 Å². The van der Waals surface area contributed by atoms with Crippen molar-refractivity contribution in [2.24, 2.45) is 0 Å². The van der Waals surface area contributed by atoms with Crippen molar-refractivity contribution >= 4 is 56.1 Å². The highest BCUT2D eigenvalue weighted by Crippen LogP contribution is 2.25. The number of amides is 1. The van der Waals surface area contributed by atoms with Gasteiger partial charge in [0.2, 0.25) is 0 Å². The molecule has 7 heteroatoms. The molecule has 1 aromatic heterocycles. The molecule has 0 aliphatic rings. The van der Waals surface area contributed by atoms with Gasteiger partial charge in [0.05, 0.1) is 17.6 Å². The average molecular weight is 545 g/mol. The molecule has 33 heavy (non-hydrogen) atoms. The molecule has 1 N–H and O–H groups in total. The minimum Gasteiger partial charge on any atom is -0.352 e. The minimum absolute atomic E-state index is 0.0436. The second-order valence-corrected chi connectivity index (χ2v) is 9.67. The number of imidazole rings is 1. The maximum absolute atomic E-state index is 12.3. The summed E-state index contributed by atoms with van der Waals surface area (Å²) >= 11 is 15.9. The lowest BCUT2D eigenvalue weighted by molar-refractivity contribution is 0.0953. The number of aromatic nitrogens is 2. The lowest BCUT2D eigenvalue weighted by atomic mass is 10.1. The fourth-order valence-electron chi connectivity index (χ4n) is 3.83. The molecule has 4 aromatic rings. The molecule has 0 aliphatic carbocycles. The molecule has 170 valence electrons. The number of nitrogens with one attached hydrogen (secondary N) is 1. The third-order valence-corrected chi connectivity index (χ3v) is 6.61. The summed E-state index contributed by atoms with van der Waals surface area (Å²) in [7, 11) is 0. The van der Waals surface area contributed by atoms with Crippen LogP contribution in [-0.4, -0.2) is 22.0 Å². The van der Waals surface area contributed by atoms with Gasteiger partial charge in [-0.15, -0.1) is 0 Å². The third kappa shape index (κ3) is 6.17. The minimum atomic E-state index is -0.0436. The molecule has 0 radical (unpaired) electrons. The Hall–Kier alpha value is -2.34. The normalized spacial score (nSPS) is 11.1. The van der Waals surface area contributed by atoms with Crippen molar-refractivity contribution in [2.75, 3.05) is 6.54 Å². The van der Waals surface area contributed by atoms with Crippen molar-refractivity contribution in [3.8, 4) is 0 Å². The summed E-state index contributed by atoms with van der Waals surface area (Å²) in [6.45, 7) is 1.30. The van der Waals surface area contributed by atoms with Gasteiger partial charge in [-0.25, -0.2) is 4.98 Å². The van der Waals surface area contributed by atoms with E-state index in [0.29, 0.717) is 28.7 Å². The standard InChI is InChI=1S/C26H24BrCl2N3O/c27-20-8-6-7-18(15-20)26(33)30-14-5-1-2-11-25-31-23-9-3-4-10-24(23)32(25)17-19-12-13-21(28)16-22(19)29/h3-4,6-10,12-13,15-16H,1-2,5,11,14,17H2,(H,30,33). The Morgan fingerprint density at radius 2 is 1.82 bits per heavy atom. The van der Waals surface area contributed by atoms with E-state index >= 15 is 0 Å². The van der Waals surface area contributed by atoms with E-state index in [1.54, 1.807) is 6.07 Å². The first-order valence-electron chi connectivity index (χ1n) is 10.9. The number of benzene rings is 3. The van der Waals surface area contributed by atoms with Crippen molar-refractivity contribution in [3.05, 3.63) is 98.2 Å². The number of nitrogens with zero attached hydrogens (tertiary/aromatic N) is 2. The molecule has 0 aliphatic heterocycles. The quantitative estimate of drug-likeness (QED) is 0.225. The van der Waals surface area contributed by atoms with Gasteiger partial charge in [0, 0.05) is 33.0 Å². The molecule has 1 amide bonds. The molecule has 0 saturated carbocycles. The molecule has 3 aromatic carbocycles. The van der Waals surface area contributed by atoms with E-state index in [4.69, 9.17) is 28.2 Å². The number of unbranched alkanes of at least 4 members (excludes halogenated alkanes) is 2. The predicted octanol–water partition coefficient (Wildman–Crippen LogP) is 7.30. The summed E-state index contributed by atoms with van der Waals surface area (Å²) in [5.41, 5.74) is 3.76. The summed E-state index contributed by atoms with van der Waals surface area (Å²) in [6, 6.07) is 21.2. The van der Waals surface area contributed by atoms with Gasteiger partial charge in [-0.1, -0.05) is 69.8 Å². The van der Waals surface area contributed by atoms with E-state index in [0.717, 1.165) is 52.6 Å². The number of hydrogen-bond donors (Lipinski definition) is 1. The van der Waals surface area contributed by atoms with Crippen LogP contribution in [0.2, 0.25) is 10.0 Å². The number of carbonyl (C=O) groups is 1. The topological polar surface area (TPSA) is 46.9 Å². The van der Waals surface area contributed by atoms with Gasteiger partial charge in [-0.3, -0.25) is 4.79 Å². The lowest BCUT2D eigenvalue weighted by Gasteiger charge is -2.11. The number of para-hydroxylation sites is 2. The molecule has 1 heterocycles. The Kier molecular flexibility index (Phi) is 8.07. The first-order valence-corrected chi connectivity index (χ1v) is 12.5. The van der Waals surface area contributed by atoms with Gasteiger partial charge in [0.1, 0.15) is 5.82 Å². The summed E-state index contributed by atoms with van der Waals surface area (Å²) in [5.74, 6) is 0.998. The number of hydrogen-bond acceptors (Lipinski definition) is 2. The van der Waals surface area contributed by atoms with Gasteiger partial charge >= 0.3 is 0 Å². The van der Waals surface area contributed by atoms with E-state index in [1.807, 2.05) is 54.6 Å². The Bertz CT molecular complexity index is 1270. The first kappa shape index (κ1) is 23.8. The fraction of sp³-hybridized carbons (Fsp3) is 0.231. The van der Waals surface area contributed by atoms with Crippen molar-refractivity contribution < 1.29 is 4.79 Å². The zero-order valence-corrected chi connectivity index (χ0v) is 21.1. The molecule has 0 atom stereocenters. The molecule has 0 fully saturated rings. The molecular formula is C26H24BrCl2N3O. The van der Waals surface area contributed by atoms with Crippen LogP contribution in [0.3, 0.4) is 0 Å². The van der Waals surface area contributed by atoms with E-state index in [2.05, 4.69) is 31.9 Å². The summed E-state index contributed by atoms with van der Waals surface area (Å²) in [6.07, 6.45) is 3.77. The van der Waals surface area contributed by atoms with Crippen molar-refractivity contribution in [2.45, 2.75) is 32.2 Å². The predicted molar refractivity (Wildman–Crippen MR) is 139 cm³/mol. The second-order valence-electron chi connectivity index (χ2n) is 7.92. The molecule has 4 rings (SSSR count). The van der Waals surface area contributed by atoms with E-state index in [-0.39, 0.29) is 5.91 Å². The van der Waals surface area contributed by atoms with Crippen LogP contribution < -0.4 is 5.32 Å². The third-order valence-electron chi connectivity index (χ3n) is 5.53. The smallest absolute Gasteiger partial charge is 0.251 e. The monoisotopic (exact) mass is 543 g/mol. The Morgan fingerprint density at radius 1 is 0.970 bits per heavy atom. The Labute approximate surface area is 212 Å². The van der Waals surface area contributed by atoms with Crippen LogP contribution in [0, 0.1) is 0 Å². The van der Waals surface area contributed by atoms with Crippen LogP contribution >= 0.6 is 39.1 Å². The largest absolute Gasteiger partial charge is 0.352 e. The fourth-order valence-corrected chi connectivity index (χ4v) is 4.70. The Morgan fingerprint density at radius 3 is 2.64 bits per heavy atom. The SMILES string of the molecule is O=C(NCCCCCc1nc2ccccc2n1Cc1ccc(Cl)cc1Cl)c1cccc(Br)c1. The number of fused-ring (bicyclic) bond motifs is 1. The average Bonchev–Trinajstić information content (AvgIpc) is 3.15. The molecule has 4 nitrogen and oxygen atoms in total. The highest BCUT2D eigenvalue weighted by atomic mass is 79.9. The Balaban J connectivity index is 1.34. The molecule has 0 unspecified atom stereocenters. The van der Waals surface area contributed by atoms with Gasteiger partial charge in [-0.05, 0) is 60.9 Å². The van der Waals surface area contributed by atoms with Crippen LogP contribution in [0.25, 0.3) is 11.0 Å². The highest BCUT2D eigenvalue weighted by Gasteiger charge is 2.12. The summed E-state index contributed by atoms with van der Waals surface area (Å²) in [5, 5.41) is 4.29. The van der Waals surface area contributed by atoms with Crippen molar-refractivity contribution in [3.63, 3.8) is 0 Å². The van der Waals surface area contributed by atoms with E-state index < -0.39 is 0 Å². The van der Waals surface area contributed by atoms with Gasteiger partial charge < -0.3 is 9.88 Å². The van der Waals surface area contributed by atoms with Crippen LogP contribution in [0.15, 0.2) is 71.2 Å². The van der Waals surface area contributed by atoms with Crippen molar-refractivity contribution in [1.82, 2.24) is 14.9 Å². The number of rotatable bonds is 9. The molecular weight excluding hydrogens is 521 g/mol.